The molecular weight excluding hydrogens is 739 g/mol. The van der Waals surface area contributed by atoms with Gasteiger partial charge in [0.25, 0.3) is 0 Å². The Morgan fingerprint density at radius 2 is 1.02 bits per heavy atom. The third-order valence-electron chi connectivity index (χ3n) is 14.1. The molecule has 3 atom stereocenters. The zero-order valence-electron chi connectivity index (χ0n) is 34.6. The molecule has 0 spiro atoms. The molecule has 8 aromatic rings. The Kier molecular flexibility index (Phi) is 7.87. The molecule has 0 fully saturated rings. The molecule has 0 N–H and O–H groups in total. The van der Waals surface area contributed by atoms with Crippen molar-refractivity contribution in [1.82, 2.24) is 0 Å². The minimum Gasteiger partial charge on any atom is -0.484 e. The summed E-state index contributed by atoms with van der Waals surface area (Å²) in [5, 5.41) is 0. The second kappa shape index (κ2) is 13.4. The molecule has 292 valence electrons. The van der Waals surface area contributed by atoms with Crippen LogP contribution in [0.25, 0.3) is 44.5 Å². The monoisotopic (exact) mass is 783 g/mol. The summed E-state index contributed by atoms with van der Waals surface area (Å²) in [6, 6.07) is 67.6. The Morgan fingerprint density at radius 1 is 0.443 bits per heavy atom. The Bertz CT molecular complexity index is 3130. The number of nitrogens with zero attached hydrogens (tertiary/aromatic N) is 1. The summed E-state index contributed by atoms with van der Waals surface area (Å²) in [7, 11) is 0. The quantitative estimate of drug-likeness (QED) is 0.167. The van der Waals surface area contributed by atoms with Crippen LogP contribution >= 0.6 is 0 Å². The lowest BCUT2D eigenvalue weighted by Crippen LogP contribution is -2.22. The van der Waals surface area contributed by atoms with Crippen molar-refractivity contribution >= 4 is 17.1 Å². The lowest BCUT2D eigenvalue weighted by atomic mass is 9.74. The van der Waals surface area contributed by atoms with Gasteiger partial charge in [-0.05, 0) is 92.9 Å². The van der Waals surface area contributed by atoms with Crippen molar-refractivity contribution in [1.29, 1.82) is 0 Å². The maximum absolute atomic E-state index is 6.85. The largest absolute Gasteiger partial charge is 0.484 e. The molecule has 2 nitrogen and oxygen atoms in total. The van der Waals surface area contributed by atoms with E-state index in [-0.39, 0.29) is 22.9 Å². The highest BCUT2D eigenvalue weighted by molar-refractivity contribution is 6.01. The molecule has 3 aliphatic carbocycles. The fraction of sp³-hybridized carbons (Fsp3) is 0.119. The van der Waals surface area contributed by atoms with E-state index in [0.29, 0.717) is 0 Å². The van der Waals surface area contributed by atoms with E-state index in [4.69, 9.17) is 4.74 Å². The van der Waals surface area contributed by atoms with E-state index in [9.17, 15) is 0 Å². The topological polar surface area (TPSA) is 12.5 Å². The number of fused-ring (bicyclic) bond motifs is 9. The molecule has 0 saturated heterocycles. The normalized spacial score (nSPS) is 19.3. The van der Waals surface area contributed by atoms with Crippen LogP contribution in [0.15, 0.2) is 206 Å². The van der Waals surface area contributed by atoms with Gasteiger partial charge in [-0.25, -0.2) is 0 Å². The molecular formula is C59H45NO. The van der Waals surface area contributed by atoms with Crippen molar-refractivity contribution in [3.63, 3.8) is 0 Å². The summed E-state index contributed by atoms with van der Waals surface area (Å²) in [6.07, 6.45) is 8.71. The average molecular weight is 784 g/mol. The van der Waals surface area contributed by atoms with Gasteiger partial charge in [-0.1, -0.05) is 190 Å². The third kappa shape index (κ3) is 5.15. The summed E-state index contributed by atoms with van der Waals surface area (Å²) in [4.78, 5) is 2.51. The van der Waals surface area contributed by atoms with E-state index in [1.165, 1.54) is 66.8 Å². The molecule has 4 aliphatic rings. The molecule has 12 rings (SSSR count). The minimum atomic E-state index is -0.293. The zero-order valence-corrected chi connectivity index (χ0v) is 34.6. The smallest absolute Gasteiger partial charge is 0.132 e. The van der Waals surface area contributed by atoms with Crippen molar-refractivity contribution in [3.8, 4) is 50.3 Å². The van der Waals surface area contributed by atoms with E-state index in [1.54, 1.807) is 0 Å². The predicted octanol–water partition coefficient (Wildman–Crippen LogP) is 15.1. The number of para-hydroxylation sites is 3. The van der Waals surface area contributed by atoms with Crippen molar-refractivity contribution in [3.05, 3.63) is 240 Å². The molecule has 0 saturated carbocycles. The van der Waals surface area contributed by atoms with Crippen LogP contribution in [-0.2, 0) is 10.8 Å². The predicted molar refractivity (Wildman–Crippen MR) is 252 cm³/mol. The molecule has 1 aliphatic heterocycles. The van der Waals surface area contributed by atoms with E-state index in [0.717, 1.165) is 33.9 Å². The summed E-state index contributed by atoms with van der Waals surface area (Å²) in [5.41, 5.74) is 20.7. The maximum Gasteiger partial charge on any atom is 0.132 e. The fourth-order valence-electron chi connectivity index (χ4n) is 11.2. The fourth-order valence-corrected chi connectivity index (χ4v) is 11.2. The average Bonchev–Trinajstić information content (AvgIpc) is 3.91. The summed E-state index contributed by atoms with van der Waals surface area (Å²) in [6.45, 7) is 7.12. The van der Waals surface area contributed by atoms with Crippen molar-refractivity contribution in [2.45, 2.75) is 43.6 Å². The van der Waals surface area contributed by atoms with Gasteiger partial charge in [0, 0.05) is 44.7 Å². The number of hydrogen-bond donors (Lipinski definition) is 0. The Hall–Kier alpha value is -7.16. The second-order valence-corrected chi connectivity index (χ2v) is 17.6. The first-order valence-electron chi connectivity index (χ1n) is 21.6. The summed E-state index contributed by atoms with van der Waals surface area (Å²) >= 11 is 0. The Labute approximate surface area is 358 Å². The molecule has 3 unspecified atom stereocenters. The number of benzene rings is 8. The molecule has 8 aromatic carbocycles. The second-order valence-electron chi connectivity index (χ2n) is 17.6. The molecule has 0 bridgehead atoms. The van der Waals surface area contributed by atoms with Crippen LogP contribution < -0.4 is 9.64 Å². The van der Waals surface area contributed by atoms with Crippen LogP contribution in [0.4, 0.5) is 17.1 Å². The molecule has 0 radical (unpaired) electrons. The first kappa shape index (κ1) is 35.8. The number of allylic oxidation sites excluding steroid dienone is 2. The van der Waals surface area contributed by atoms with Gasteiger partial charge in [0.15, 0.2) is 0 Å². The Morgan fingerprint density at radius 3 is 1.80 bits per heavy atom. The molecule has 0 aromatic heterocycles. The van der Waals surface area contributed by atoms with Gasteiger partial charge in [0.05, 0.1) is 11.4 Å². The molecule has 0 amide bonds. The van der Waals surface area contributed by atoms with Crippen LogP contribution in [0.2, 0.25) is 0 Å². The van der Waals surface area contributed by atoms with E-state index in [1.807, 2.05) is 0 Å². The number of anilines is 3. The maximum atomic E-state index is 6.85. The number of rotatable bonds is 6. The number of hydrogen-bond acceptors (Lipinski definition) is 2. The first-order valence-corrected chi connectivity index (χ1v) is 21.6. The van der Waals surface area contributed by atoms with Crippen LogP contribution in [0.5, 0.6) is 5.75 Å². The van der Waals surface area contributed by atoms with Crippen LogP contribution in [-0.4, -0.2) is 6.10 Å². The van der Waals surface area contributed by atoms with Gasteiger partial charge in [-0.15, -0.1) is 0 Å². The van der Waals surface area contributed by atoms with Crippen LogP contribution in [0.3, 0.4) is 0 Å². The summed E-state index contributed by atoms with van der Waals surface area (Å²) < 4.78 is 6.85. The van der Waals surface area contributed by atoms with E-state index < -0.39 is 0 Å². The van der Waals surface area contributed by atoms with Gasteiger partial charge in [-0.2, -0.15) is 0 Å². The van der Waals surface area contributed by atoms with Gasteiger partial charge in [-0.3, -0.25) is 0 Å². The SMILES string of the molecule is CC1(C)c2ccccc2-c2c(-c3ccccc3N(c3ccc4c(c3)-c3ccccc3C4(C)c3ccccc3)c3ccccc3-c3cccc4c3OC3C=CC=CC43)cccc21. The molecule has 1 heterocycles. The van der Waals surface area contributed by atoms with E-state index in [2.05, 4.69) is 232 Å². The van der Waals surface area contributed by atoms with Gasteiger partial charge >= 0.3 is 0 Å². The van der Waals surface area contributed by atoms with Crippen LogP contribution in [0.1, 0.15) is 60.1 Å². The van der Waals surface area contributed by atoms with Crippen molar-refractivity contribution in [2.75, 3.05) is 4.90 Å². The Balaban J connectivity index is 1.12. The van der Waals surface area contributed by atoms with Crippen LogP contribution in [0, 0.1) is 0 Å². The third-order valence-corrected chi connectivity index (χ3v) is 14.1. The highest BCUT2D eigenvalue weighted by Gasteiger charge is 2.42. The highest BCUT2D eigenvalue weighted by Crippen LogP contribution is 2.57. The van der Waals surface area contributed by atoms with Gasteiger partial charge < -0.3 is 9.64 Å². The molecule has 2 heteroatoms. The first-order chi connectivity index (χ1) is 29.9. The van der Waals surface area contributed by atoms with Crippen molar-refractivity contribution in [2.24, 2.45) is 0 Å². The highest BCUT2D eigenvalue weighted by atomic mass is 16.5. The van der Waals surface area contributed by atoms with Crippen molar-refractivity contribution < 1.29 is 4.74 Å². The van der Waals surface area contributed by atoms with Gasteiger partial charge in [0.1, 0.15) is 11.9 Å². The van der Waals surface area contributed by atoms with Gasteiger partial charge in [0.2, 0.25) is 0 Å². The lowest BCUT2D eigenvalue weighted by molar-refractivity contribution is 0.270. The molecule has 61 heavy (non-hydrogen) atoms. The zero-order chi connectivity index (χ0) is 40.9. The standard InChI is InChI=1S/C59H45NO/c1-58(2)49-29-12-8-25-47(49)56-44(26-18-31-52(56)58)41-22-9-14-32-53(41)60(54-33-15-10-23-42(54)45-27-17-28-46-43-24-11-16-34-55(43)61-57(45)46)39-35-36-51-48(37-39)40-21-7-13-30-50(40)59(51,3)38-19-5-4-6-20-38/h4-37,43,55H,1-3H3. The minimum absolute atomic E-state index is 0.00634. The lowest BCUT2D eigenvalue weighted by Gasteiger charge is -2.32. The summed E-state index contributed by atoms with van der Waals surface area (Å²) in [5.74, 6) is 1.17. The number of ether oxygens (including phenoxy) is 1. The van der Waals surface area contributed by atoms with E-state index >= 15 is 0 Å².